The summed E-state index contributed by atoms with van der Waals surface area (Å²) < 4.78 is 7.33. The summed E-state index contributed by atoms with van der Waals surface area (Å²) in [6.07, 6.45) is 4.45. The highest BCUT2D eigenvalue weighted by Gasteiger charge is 2.13. The molecule has 0 spiro atoms. The molecule has 4 heteroatoms. The average Bonchev–Trinajstić information content (AvgIpc) is 2.86. The van der Waals surface area contributed by atoms with E-state index in [4.69, 9.17) is 10.5 Å². The second-order valence-electron chi connectivity index (χ2n) is 3.88. The summed E-state index contributed by atoms with van der Waals surface area (Å²) in [5.41, 5.74) is 8.03. The number of hydrogen-bond donors (Lipinski definition) is 1. The van der Waals surface area contributed by atoms with Crippen molar-refractivity contribution < 1.29 is 4.74 Å². The number of benzene rings is 1. The van der Waals surface area contributed by atoms with Crippen molar-refractivity contribution in [3.63, 3.8) is 0 Å². The van der Waals surface area contributed by atoms with Crippen LogP contribution < -0.4 is 10.5 Å². The second kappa shape index (κ2) is 5.01. The van der Waals surface area contributed by atoms with Crippen LogP contribution in [0.1, 0.15) is 25.1 Å². The van der Waals surface area contributed by atoms with Crippen molar-refractivity contribution in [3.05, 3.63) is 42.5 Å². The van der Waals surface area contributed by atoms with Crippen LogP contribution in [0.2, 0.25) is 0 Å². The molecule has 0 fully saturated rings. The maximum atomic E-state index is 6.07. The van der Waals surface area contributed by atoms with E-state index in [0.29, 0.717) is 0 Å². The van der Waals surface area contributed by atoms with Crippen LogP contribution in [0.3, 0.4) is 0 Å². The molecule has 0 saturated carbocycles. The SMILES string of the molecule is CC[C@@H](N)c1cncn1-c1ccccc1OC. The van der Waals surface area contributed by atoms with Crippen molar-refractivity contribution >= 4 is 0 Å². The Kier molecular flexibility index (Phi) is 3.44. The van der Waals surface area contributed by atoms with E-state index in [-0.39, 0.29) is 6.04 Å². The predicted molar refractivity (Wildman–Crippen MR) is 67.3 cm³/mol. The van der Waals surface area contributed by atoms with Crippen LogP contribution in [-0.2, 0) is 0 Å². The van der Waals surface area contributed by atoms with Gasteiger partial charge in [-0.1, -0.05) is 19.1 Å². The normalized spacial score (nSPS) is 12.4. The molecule has 0 radical (unpaired) electrons. The number of nitrogens with two attached hydrogens (primary N) is 1. The fraction of sp³-hybridized carbons (Fsp3) is 0.308. The van der Waals surface area contributed by atoms with Crippen molar-refractivity contribution in [3.8, 4) is 11.4 Å². The third kappa shape index (κ3) is 2.17. The molecule has 0 bridgehead atoms. The van der Waals surface area contributed by atoms with E-state index in [1.807, 2.05) is 28.8 Å². The lowest BCUT2D eigenvalue weighted by Crippen LogP contribution is -2.13. The standard InChI is InChI=1S/C13H17N3O/c1-3-10(14)12-8-15-9-16(12)11-6-4-5-7-13(11)17-2/h4-10H,3,14H2,1-2H3/t10-/m1/s1. The lowest BCUT2D eigenvalue weighted by molar-refractivity contribution is 0.412. The minimum absolute atomic E-state index is 0.0117. The molecule has 0 amide bonds. The molecule has 0 aliphatic heterocycles. The van der Waals surface area contributed by atoms with Crippen LogP contribution in [0.4, 0.5) is 0 Å². The summed E-state index contributed by atoms with van der Waals surface area (Å²) in [5.74, 6) is 0.815. The fourth-order valence-electron chi connectivity index (χ4n) is 1.82. The minimum atomic E-state index is -0.0117. The Morgan fingerprint density at radius 3 is 2.88 bits per heavy atom. The molecule has 17 heavy (non-hydrogen) atoms. The number of aromatic nitrogens is 2. The van der Waals surface area contributed by atoms with Crippen LogP contribution in [0.25, 0.3) is 5.69 Å². The second-order valence-corrected chi connectivity index (χ2v) is 3.88. The van der Waals surface area contributed by atoms with Gasteiger partial charge in [0.25, 0.3) is 0 Å². The van der Waals surface area contributed by atoms with Crippen LogP contribution in [0, 0.1) is 0 Å². The van der Waals surface area contributed by atoms with Crippen LogP contribution >= 0.6 is 0 Å². The largest absolute Gasteiger partial charge is 0.495 e. The smallest absolute Gasteiger partial charge is 0.142 e. The zero-order valence-corrected chi connectivity index (χ0v) is 10.1. The third-order valence-electron chi connectivity index (χ3n) is 2.83. The molecule has 1 atom stereocenters. The zero-order valence-electron chi connectivity index (χ0n) is 10.1. The number of imidazole rings is 1. The van der Waals surface area contributed by atoms with Gasteiger partial charge in [0, 0.05) is 6.04 Å². The highest BCUT2D eigenvalue weighted by atomic mass is 16.5. The van der Waals surface area contributed by atoms with Gasteiger partial charge < -0.3 is 10.5 Å². The van der Waals surface area contributed by atoms with Crippen LogP contribution in [-0.4, -0.2) is 16.7 Å². The van der Waals surface area contributed by atoms with Gasteiger partial charge in [0.15, 0.2) is 0 Å². The molecular formula is C13H17N3O. The van der Waals surface area contributed by atoms with E-state index in [1.54, 1.807) is 19.6 Å². The summed E-state index contributed by atoms with van der Waals surface area (Å²) in [6, 6.07) is 7.82. The lowest BCUT2D eigenvalue weighted by Gasteiger charge is -2.15. The molecule has 1 aromatic heterocycles. The Hall–Kier alpha value is -1.81. The highest BCUT2D eigenvalue weighted by molar-refractivity contribution is 5.47. The fourth-order valence-corrected chi connectivity index (χ4v) is 1.82. The molecule has 1 heterocycles. The van der Waals surface area contributed by atoms with Crippen molar-refractivity contribution in [2.45, 2.75) is 19.4 Å². The van der Waals surface area contributed by atoms with Crippen molar-refractivity contribution in [1.29, 1.82) is 0 Å². The zero-order chi connectivity index (χ0) is 12.3. The number of rotatable bonds is 4. The topological polar surface area (TPSA) is 53.1 Å². The maximum absolute atomic E-state index is 6.07. The minimum Gasteiger partial charge on any atom is -0.495 e. The Morgan fingerprint density at radius 2 is 2.18 bits per heavy atom. The summed E-state index contributed by atoms with van der Waals surface area (Å²) >= 11 is 0. The van der Waals surface area contributed by atoms with E-state index in [0.717, 1.165) is 23.6 Å². The van der Waals surface area contributed by atoms with Gasteiger partial charge in [-0.05, 0) is 18.6 Å². The predicted octanol–water partition coefficient (Wildman–Crippen LogP) is 2.29. The van der Waals surface area contributed by atoms with Crippen molar-refractivity contribution in [2.75, 3.05) is 7.11 Å². The van der Waals surface area contributed by atoms with Gasteiger partial charge in [-0.25, -0.2) is 4.98 Å². The van der Waals surface area contributed by atoms with E-state index in [9.17, 15) is 0 Å². The molecule has 0 saturated heterocycles. The Balaban J connectivity index is 2.49. The van der Waals surface area contributed by atoms with Gasteiger partial charge >= 0.3 is 0 Å². The number of hydrogen-bond acceptors (Lipinski definition) is 3. The first-order valence-corrected chi connectivity index (χ1v) is 5.69. The number of nitrogens with zero attached hydrogens (tertiary/aromatic N) is 2. The molecule has 90 valence electrons. The van der Waals surface area contributed by atoms with Gasteiger partial charge in [-0.15, -0.1) is 0 Å². The first kappa shape index (κ1) is 11.7. The van der Waals surface area contributed by atoms with E-state index >= 15 is 0 Å². The van der Waals surface area contributed by atoms with Gasteiger partial charge in [0.1, 0.15) is 5.75 Å². The quantitative estimate of drug-likeness (QED) is 0.878. The summed E-state index contributed by atoms with van der Waals surface area (Å²) in [5, 5.41) is 0. The Morgan fingerprint density at radius 1 is 1.41 bits per heavy atom. The number of methoxy groups -OCH3 is 1. The number of ether oxygens (including phenoxy) is 1. The summed E-state index contributed by atoms with van der Waals surface area (Å²) in [6.45, 7) is 2.06. The summed E-state index contributed by atoms with van der Waals surface area (Å²) in [7, 11) is 1.66. The molecule has 2 N–H and O–H groups in total. The molecule has 4 nitrogen and oxygen atoms in total. The van der Waals surface area contributed by atoms with Crippen molar-refractivity contribution in [1.82, 2.24) is 9.55 Å². The molecular weight excluding hydrogens is 214 g/mol. The molecule has 0 aliphatic rings. The Bertz CT molecular complexity index is 493. The van der Waals surface area contributed by atoms with Gasteiger partial charge in [0.05, 0.1) is 31.0 Å². The average molecular weight is 231 g/mol. The summed E-state index contributed by atoms with van der Waals surface area (Å²) in [4.78, 5) is 4.17. The first-order chi connectivity index (χ1) is 8.27. The lowest BCUT2D eigenvalue weighted by atomic mass is 10.1. The van der Waals surface area contributed by atoms with E-state index < -0.39 is 0 Å². The Labute approximate surface area is 101 Å². The van der Waals surface area contributed by atoms with Crippen LogP contribution in [0.5, 0.6) is 5.75 Å². The molecule has 0 aliphatic carbocycles. The molecule has 2 rings (SSSR count). The van der Waals surface area contributed by atoms with Gasteiger partial charge in [-0.3, -0.25) is 4.57 Å². The highest BCUT2D eigenvalue weighted by Crippen LogP contribution is 2.25. The van der Waals surface area contributed by atoms with Gasteiger partial charge in [-0.2, -0.15) is 0 Å². The van der Waals surface area contributed by atoms with E-state index in [2.05, 4.69) is 11.9 Å². The van der Waals surface area contributed by atoms with Crippen LogP contribution in [0.15, 0.2) is 36.8 Å². The molecule has 1 aromatic carbocycles. The third-order valence-corrected chi connectivity index (χ3v) is 2.83. The van der Waals surface area contributed by atoms with Crippen molar-refractivity contribution in [2.24, 2.45) is 5.73 Å². The number of para-hydroxylation sites is 2. The molecule has 2 aromatic rings. The monoisotopic (exact) mass is 231 g/mol. The maximum Gasteiger partial charge on any atom is 0.142 e. The first-order valence-electron chi connectivity index (χ1n) is 5.69. The molecule has 0 unspecified atom stereocenters. The van der Waals surface area contributed by atoms with Gasteiger partial charge in [0.2, 0.25) is 0 Å². The van der Waals surface area contributed by atoms with E-state index in [1.165, 1.54) is 0 Å².